The van der Waals surface area contributed by atoms with Crippen LogP contribution in [0, 0.1) is 0 Å². The second-order valence-electron chi connectivity index (χ2n) is 5.66. The Hall–Kier alpha value is -2.27. The lowest BCUT2D eigenvalue weighted by Gasteiger charge is -2.22. The minimum Gasteiger partial charge on any atom is -0.482 e. The predicted molar refractivity (Wildman–Crippen MR) is 103 cm³/mol. The number of halogens is 1. The van der Waals surface area contributed by atoms with Crippen LogP contribution in [0.25, 0.3) is 0 Å². The number of nitrogens with zero attached hydrogens (tertiary/aromatic N) is 2. The van der Waals surface area contributed by atoms with Crippen molar-refractivity contribution in [1.82, 2.24) is 4.98 Å². The molecule has 0 aliphatic rings. The van der Waals surface area contributed by atoms with Crippen molar-refractivity contribution in [3.63, 3.8) is 0 Å². The molecule has 0 radical (unpaired) electrons. The van der Waals surface area contributed by atoms with E-state index >= 15 is 0 Å². The Morgan fingerprint density at radius 3 is 2.48 bits per heavy atom. The first-order chi connectivity index (χ1) is 12.1. The van der Waals surface area contributed by atoms with Gasteiger partial charge in [0, 0.05) is 13.1 Å². The van der Waals surface area contributed by atoms with E-state index in [0.717, 1.165) is 31.7 Å². The third-order valence-corrected chi connectivity index (χ3v) is 3.85. The van der Waals surface area contributed by atoms with Gasteiger partial charge in [-0.3, -0.25) is 4.79 Å². The van der Waals surface area contributed by atoms with E-state index in [1.165, 1.54) is 0 Å². The molecular weight excluding hydrogens is 338 g/mol. The van der Waals surface area contributed by atoms with Gasteiger partial charge in [0.15, 0.2) is 6.61 Å². The number of carbonyl (C=O) groups is 1. The van der Waals surface area contributed by atoms with E-state index in [1.54, 1.807) is 24.4 Å². The quantitative estimate of drug-likeness (QED) is 0.720. The Labute approximate surface area is 154 Å². The first-order valence-corrected chi connectivity index (χ1v) is 8.90. The van der Waals surface area contributed by atoms with Crippen LogP contribution >= 0.6 is 11.6 Å². The molecule has 134 valence electrons. The van der Waals surface area contributed by atoms with Gasteiger partial charge >= 0.3 is 0 Å². The zero-order valence-corrected chi connectivity index (χ0v) is 15.4. The van der Waals surface area contributed by atoms with Crippen LogP contribution in [0.3, 0.4) is 0 Å². The maximum Gasteiger partial charge on any atom is 0.262 e. The van der Waals surface area contributed by atoms with E-state index in [4.69, 9.17) is 16.3 Å². The lowest BCUT2D eigenvalue weighted by atomic mass is 10.3. The Morgan fingerprint density at radius 1 is 1.16 bits per heavy atom. The SMILES string of the molecule is CCCN(CCC)c1ccc(NC(=O)COc2ccccc2Cl)cn1. The van der Waals surface area contributed by atoms with Crippen LogP contribution < -0.4 is 15.0 Å². The smallest absolute Gasteiger partial charge is 0.262 e. The summed E-state index contributed by atoms with van der Waals surface area (Å²) in [6, 6.07) is 10.8. The van der Waals surface area contributed by atoms with Gasteiger partial charge in [-0.2, -0.15) is 0 Å². The molecule has 25 heavy (non-hydrogen) atoms. The number of anilines is 2. The molecule has 0 spiro atoms. The number of para-hydroxylation sites is 1. The molecule has 6 heteroatoms. The second-order valence-corrected chi connectivity index (χ2v) is 6.07. The third-order valence-electron chi connectivity index (χ3n) is 3.54. The van der Waals surface area contributed by atoms with Gasteiger partial charge in [0.2, 0.25) is 0 Å². The second kappa shape index (κ2) is 9.89. The summed E-state index contributed by atoms with van der Waals surface area (Å²) in [4.78, 5) is 18.7. The number of carbonyl (C=O) groups excluding carboxylic acids is 1. The first kappa shape index (κ1) is 19.1. The van der Waals surface area contributed by atoms with E-state index in [0.29, 0.717) is 16.5 Å². The minimum absolute atomic E-state index is 0.108. The van der Waals surface area contributed by atoms with Crippen molar-refractivity contribution in [2.45, 2.75) is 26.7 Å². The fraction of sp³-hybridized carbons (Fsp3) is 0.368. The van der Waals surface area contributed by atoms with Crippen LogP contribution in [-0.4, -0.2) is 30.6 Å². The number of benzene rings is 1. The largest absolute Gasteiger partial charge is 0.482 e. The van der Waals surface area contributed by atoms with Crippen LogP contribution in [0.2, 0.25) is 5.02 Å². The fourth-order valence-electron chi connectivity index (χ4n) is 2.43. The Kier molecular flexibility index (Phi) is 7.54. The van der Waals surface area contributed by atoms with Crippen LogP contribution in [-0.2, 0) is 4.79 Å². The van der Waals surface area contributed by atoms with Gasteiger partial charge in [-0.15, -0.1) is 0 Å². The lowest BCUT2D eigenvalue weighted by molar-refractivity contribution is -0.118. The zero-order chi connectivity index (χ0) is 18.1. The first-order valence-electron chi connectivity index (χ1n) is 8.52. The van der Waals surface area contributed by atoms with E-state index in [-0.39, 0.29) is 12.5 Å². The molecule has 1 amide bonds. The van der Waals surface area contributed by atoms with E-state index in [9.17, 15) is 4.79 Å². The van der Waals surface area contributed by atoms with Gasteiger partial charge in [-0.1, -0.05) is 37.6 Å². The monoisotopic (exact) mass is 361 g/mol. The summed E-state index contributed by atoms with van der Waals surface area (Å²) in [7, 11) is 0. The van der Waals surface area contributed by atoms with E-state index in [1.807, 2.05) is 18.2 Å². The summed E-state index contributed by atoms with van der Waals surface area (Å²) in [6.45, 7) is 6.13. The molecule has 0 atom stereocenters. The highest BCUT2D eigenvalue weighted by Gasteiger charge is 2.08. The van der Waals surface area contributed by atoms with Gasteiger partial charge in [0.25, 0.3) is 5.91 Å². The van der Waals surface area contributed by atoms with Gasteiger partial charge in [-0.25, -0.2) is 4.98 Å². The van der Waals surface area contributed by atoms with Crippen LogP contribution in [0.15, 0.2) is 42.6 Å². The fourth-order valence-corrected chi connectivity index (χ4v) is 2.62. The Bertz CT molecular complexity index is 671. The maximum atomic E-state index is 12.0. The molecule has 0 saturated carbocycles. The van der Waals surface area contributed by atoms with Crippen molar-refractivity contribution >= 4 is 29.0 Å². The molecular formula is C19H24ClN3O2. The molecule has 0 saturated heterocycles. The highest BCUT2D eigenvalue weighted by atomic mass is 35.5. The molecule has 0 aliphatic carbocycles. The minimum atomic E-state index is -0.256. The van der Waals surface area contributed by atoms with Crippen molar-refractivity contribution in [3.8, 4) is 5.75 Å². The van der Waals surface area contributed by atoms with Gasteiger partial charge in [0.05, 0.1) is 16.9 Å². The van der Waals surface area contributed by atoms with Crippen LogP contribution in [0.1, 0.15) is 26.7 Å². The number of pyridine rings is 1. The Balaban J connectivity index is 1.89. The van der Waals surface area contributed by atoms with Crippen molar-refractivity contribution < 1.29 is 9.53 Å². The van der Waals surface area contributed by atoms with Crippen LogP contribution in [0.4, 0.5) is 11.5 Å². The topological polar surface area (TPSA) is 54.5 Å². The molecule has 2 rings (SSSR count). The summed E-state index contributed by atoms with van der Waals surface area (Å²) in [5, 5.41) is 3.25. The number of hydrogen-bond acceptors (Lipinski definition) is 4. The van der Waals surface area contributed by atoms with Crippen LogP contribution in [0.5, 0.6) is 5.75 Å². The zero-order valence-electron chi connectivity index (χ0n) is 14.7. The molecule has 2 aromatic rings. The molecule has 0 bridgehead atoms. The highest BCUT2D eigenvalue weighted by molar-refractivity contribution is 6.32. The van der Waals surface area contributed by atoms with Crippen molar-refractivity contribution in [3.05, 3.63) is 47.6 Å². The number of hydrogen-bond donors (Lipinski definition) is 1. The average molecular weight is 362 g/mol. The van der Waals surface area contributed by atoms with E-state index in [2.05, 4.69) is 29.0 Å². The molecule has 0 unspecified atom stereocenters. The normalized spacial score (nSPS) is 10.4. The highest BCUT2D eigenvalue weighted by Crippen LogP contribution is 2.23. The van der Waals surface area contributed by atoms with Gasteiger partial charge in [-0.05, 0) is 37.1 Å². The Morgan fingerprint density at radius 2 is 1.88 bits per heavy atom. The molecule has 5 nitrogen and oxygen atoms in total. The summed E-state index contributed by atoms with van der Waals surface area (Å²) >= 11 is 5.99. The molecule has 0 aliphatic heterocycles. The number of amides is 1. The number of aromatic nitrogens is 1. The average Bonchev–Trinajstić information content (AvgIpc) is 2.61. The molecule has 1 aromatic carbocycles. The summed E-state index contributed by atoms with van der Waals surface area (Å²) < 4.78 is 5.42. The molecule has 0 fully saturated rings. The van der Waals surface area contributed by atoms with Gasteiger partial charge in [0.1, 0.15) is 11.6 Å². The molecule has 1 N–H and O–H groups in total. The van der Waals surface area contributed by atoms with Crippen molar-refractivity contribution in [2.75, 3.05) is 29.9 Å². The van der Waals surface area contributed by atoms with Crippen molar-refractivity contribution in [2.24, 2.45) is 0 Å². The maximum absolute atomic E-state index is 12.0. The standard InChI is InChI=1S/C19H24ClN3O2/c1-3-11-23(12-4-2)18-10-9-15(13-21-18)22-19(24)14-25-17-8-6-5-7-16(17)20/h5-10,13H,3-4,11-12,14H2,1-2H3,(H,22,24). The number of ether oxygens (including phenoxy) is 1. The molecule has 1 aromatic heterocycles. The van der Waals surface area contributed by atoms with Gasteiger partial charge < -0.3 is 15.0 Å². The summed E-state index contributed by atoms with van der Waals surface area (Å²) in [6.07, 6.45) is 3.81. The van der Waals surface area contributed by atoms with Crippen molar-refractivity contribution in [1.29, 1.82) is 0 Å². The lowest BCUT2D eigenvalue weighted by Crippen LogP contribution is -2.26. The third kappa shape index (κ3) is 5.94. The van der Waals surface area contributed by atoms with E-state index < -0.39 is 0 Å². The number of nitrogens with one attached hydrogen (secondary N) is 1. The molecule has 1 heterocycles. The summed E-state index contributed by atoms with van der Waals surface area (Å²) in [5.41, 5.74) is 0.643. The summed E-state index contributed by atoms with van der Waals surface area (Å²) in [5.74, 6) is 1.16. The number of rotatable bonds is 9. The predicted octanol–water partition coefficient (Wildman–Crippen LogP) is 4.38.